The molecule has 0 radical (unpaired) electrons. The van der Waals surface area contributed by atoms with Crippen molar-refractivity contribution in [1.29, 1.82) is 0 Å². The Hall–Kier alpha value is -1.23. The van der Waals surface area contributed by atoms with Crippen LogP contribution in [0.4, 0.5) is 0 Å². The van der Waals surface area contributed by atoms with Crippen molar-refractivity contribution >= 4 is 10.1 Å². The van der Waals surface area contributed by atoms with Gasteiger partial charge in [-0.25, -0.2) is 0 Å². The predicted octanol–water partition coefficient (Wildman–Crippen LogP) is 2.98. The Morgan fingerprint density at radius 1 is 1.05 bits per heavy atom. The average Bonchev–Trinajstić information content (AvgIpc) is 2.39. The van der Waals surface area contributed by atoms with Crippen LogP contribution in [0.15, 0.2) is 24.3 Å². The van der Waals surface area contributed by atoms with Crippen LogP contribution in [0.2, 0.25) is 0 Å². The van der Waals surface area contributed by atoms with Gasteiger partial charge in [0.05, 0.1) is 12.9 Å². The van der Waals surface area contributed by atoms with E-state index in [1.165, 1.54) is 6.42 Å². The summed E-state index contributed by atoms with van der Waals surface area (Å²) in [5.74, 6) is 1.39. The van der Waals surface area contributed by atoms with Gasteiger partial charge in [0.15, 0.2) is 0 Å². The molecule has 0 amide bonds. The Morgan fingerprint density at radius 2 is 1.63 bits per heavy atom. The number of methoxy groups -OCH3 is 1. The molecule has 1 aromatic carbocycles. The van der Waals surface area contributed by atoms with Crippen molar-refractivity contribution in [2.75, 3.05) is 12.9 Å². The summed E-state index contributed by atoms with van der Waals surface area (Å²) in [5, 5.41) is 0. The number of benzene rings is 1. The van der Waals surface area contributed by atoms with Crippen molar-refractivity contribution in [3.05, 3.63) is 24.3 Å². The first-order valence-electron chi connectivity index (χ1n) is 6.65. The van der Waals surface area contributed by atoms with Crippen molar-refractivity contribution in [2.24, 2.45) is 5.92 Å². The molecule has 1 saturated carbocycles. The maximum atomic E-state index is 12.0. The maximum Gasteiger partial charge on any atom is 0.309 e. The molecular weight excluding hydrogens is 264 g/mol. The van der Waals surface area contributed by atoms with E-state index in [1.807, 2.05) is 0 Å². The Balaban J connectivity index is 1.95. The van der Waals surface area contributed by atoms with E-state index in [1.54, 1.807) is 31.4 Å². The molecule has 0 aliphatic heterocycles. The second-order valence-electron chi connectivity index (χ2n) is 4.99. The Labute approximate surface area is 114 Å². The number of hydrogen-bond donors (Lipinski definition) is 0. The molecule has 0 unspecified atom stereocenters. The summed E-state index contributed by atoms with van der Waals surface area (Å²) in [6.45, 7) is 0. The maximum absolute atomic E-state index is 12.0. The molecule has 0 bridgehead atoms. The van der Waals surface area contributed by atoms with Crippen LogP contribution in [0.5, 0.6) is 11.5 Å². The van der Waals surface area contributed by atoms with Crippen LogP contribution in [-0.4, -0.2) is 21.3 Å². The SMILES string of the molecule is COc1ccc(OS(=O)(=O)CC2CCCCC2)cc1. The fraction of sp³-hybridized carbons (Fsp3) is 0.571. The van der Waals surface area contributed by atoms with Gasteiger partial charge in [0.25, 0.3) is 0 Å². The summed E-state index contributed by atoms with van der Waals surface area (Å²) in [6, 6.07) is 6.59. The normalized spacial score (nSPS) is 17.1. The highest BCUT2D eigenvalue weighted by atomic mass is 32.2. The Kier molecular flexibility index (Phi) is 4.69. The summed E-state index contributed by atoms with van der Waals surface area (Å²) < 4.78 is 34.1. The highest BCUT2D eigenvalue weighted by Crippen LogP contribution is 2.26. The van der Waals surface area contributed by atoms with E-state index in [9.17, 15) is 8.42 Å². The highest BCUT2D eigenvalue weighted by molar-refractivity contribution is 7.87. The molecule has 1 fully saturated rings. The first kappa shape index (κ1) is 14.2. The van der Waals surface area contributed by atoms with Crippen LogP contribution in [0.3, 0.4) is 0 Å². The van der Waals surface area contributed by atoms with E-state index in [0.717, 1.165) is 25.7 Å². The molecule has 0 N–H and O–H groups in total. The van der Waals surface area contributed by atoms with Crippen LogP contribution in [0.25, 0.3) is 0 Å². The van der Waals surface area contributed by atoms with Crippen molar-refractivity contribution in [2.45, 2.75) is 32.1 Å². The minimum atomic E-state index is -3.49. The number of hydrogen-bond acceptors (Lipinski definition) is 4. The topological polar surface area (TPSA) is 52.6 Å². The summed E-state index contributed by atoms with van der Waals surface area (Å²) in [7, 11) is -1.93. The molecule has 0 spiro atoms. The highest BCUT2D eigenvalue weighted by Gasteiger charge is 2.22. The molecule has 5 heteroatoms. The van der Waals surface area contributed by atoms with Gasteiger partial charge in [0.2, 0.25) is 0 Å². The van der Waals surface area contributed by atoms with Gasteiger partial charge in [-0.2, -0.15) is 8.42 Å². The van der Waals surface area contributed by atoms with Gasteiger partial charge in [-0.1, -0.05) is 19.3 Å². The lowest BCUT2D eigenvalue weighted by Gasteiger charge is -2.21. The van der Waals surface area contributed by atoms with Crippen LogP contribution < -0.4 is 8.92 Å². The van der Waals surface area contributed by atoms with E-state index in [-0.39, 0.29) is 11.7 Å². The molecule has 4 nitrogen and oxygen atoms in total. The largest absolute Gasteiger partial charge is 0.497 e. The van der Waals surface area contributed by atoms with Crippen molar-refractivity contribution in [3.8, 4) is 11.5 Å². The third kappa shape index (κ3) is 4.42. The molecule has 2 rings (SSSR count). The summed E-state index contributed by atoms with van der Waals surface area (Å²) in [5.41, 5.74) is 0. The Morgan fingerprint density at radius 3 is 2.21 bits per heavy atom. The zero-order valence-electron chi connectivity index (χ0n) is 11.2. The third-order valence-corrected chi connectivity index (χ3v) is 4.77. The standard InChI is InChI=1S/C14H20O4S/c1-17-13-7-9-14(10-8-13)18-19(15,16)11-12-5-3-2-4-6-12/h7-10,12H,2-6,11H2,1H3. The van der Waals surface area contributed by atoms with Crippen LogP contribution in [0, 0.1) is 5.92 Å². The fourth-order valence-corrected chi connectivity index (χ4v) is 3.84. The van der Waals surface area contributed by atoms with Gasteiger partial charge >= 0.3 is 10.1 Å². The van der Waals surface area contributed by atoms with Crippen molar-refractivity contribution < 1.29 is 17.3 Å². The smallest absolute Gasteiger partial charge is 0.309 e. The van der Waals surface area contributed by atoms with E-state index in [4.69, 9.17) is 8.92 Å². The quantitative estimate of drug-likeness (QED) is 0.780. The van der Waals surface area contributed by atoms with Gasteiger partial charge in [-0.05, 0) is 43.0 Å². The molecule has 1 aromatic rings. The molecule has 1 aliphatic carbocycles. The fourth-order valence-electron chi connectivity index (χ4n) is 2.45. The van der Waals surface area contributed by atoms with E-state index >= 15 is 0 Å². The van der Waals surface area contributed by atoms with Gasteiger partial charge < -0.3 is 8.92 Å². The molecule has 0 saturated heterocycles. The predicted molar refractivity (Wildman–Crippen MR) is 74.0 cm³/mol. The van der Waals surface area contributed by atoms with Gasteiger partial charge in [0.1, 0.15) is 11.5 Å². The second-order valence-corrected chi connectivity index (χ2v) is 6.60. The van der Waals surface area contributed by atoms with Crippen molar-refractivity contribution in [3.63, 3.8) is 0 Å². The summed E-state index contributed by atoms with van der Waals surface area (Å²) in [4.78, 5) is 0. The van der Waals surface area contributed by atoms with Crippen molar-refractivity contribution in [1.82, 2.24) is 0 Å². The second kappa shape index (κ2) is 6.28. The van der Waals surface area contributed by atoms with Crippen LogP contribution in [-0.2, 0) is 10.1 Å². The lowest BCUT2D eigenvalue weighted by Crippen LogP contribution is -2.22. The molecule has 0 heterocycles. The molecule has 0 atom stereocenters. The summed E-state index contributed by atoms with van der Waals surface area (Å²) >= 11 is 0. The molecule has 1 aliphatic rings. The zero-order chi connectivity index (χ0) is 13.7. The number of rotatable bonds is 5. The third-order valence-electron chi connectivity index (χ3n) is 3.45. The van der Waals surface area contributed by atoms with E-state index in [0.29, 0.717) is 11.5 Å². The molecular formula is C14H20O4S. The minimum absolute atomic E-state index is 0.124. The minimum Gasteiger partial charge on any atom is -0.497 e. The van der Waals surface area contributed by atoms with Gasteiger partial charge in [0, 0.05) is 0 Å². The molecule has 19 heavy (non-hydrogen) atoms. The monoisotopic (exact) mass is 284 g/mol. The first-order chi connectivity index (χ1) is 9.09. The van der Waals surface area contributed by atoms with Crippen LogP contribution in [0.1, 0.15) is 32.1 Å². The molecule has 0 aromatic heterocycles. The average molecular weight is 284 g/mol. The Bertz CT molecular complexity index is 487. The van der Waals surface area contributed by atoms with E-state index < -0.39 is 10.1 Å². The van der Waals surface area contributed by atoms with Gasteiger partial charge in [-0.3, -0.25) is 0 Å². The molecule has 106 valence electrons. The van der Waals surface area contributed by atoms with E-state index in [2.05, 4.69) is 0 Å². The summed E-state index contributed by atoms with van der Waals surface area (Å²) in [6.07, 6.45) is 5.46. The van der Waals surface area contributed by atoms with Gasteiger partial charge in [-0.15, -0.1) is 0 Å². The lowest BCUT2D eigenvalue weighted by molar-refractivity contribution is 0.374. The number of ether oxygens (including phenoxy) is 1. The first-order valence-corrected chi connectivity index (χ1v) is 8.23. The lowest BCUT2D eigenvalue weighted by atomic mass is 9.91. The zero-order valence-corrected chi connectivity index (χ0v) is 12.0. The van der Waals surface area contributed by atoms with Crippen LogP contribution >= 0.6 is 0 Å².